The normalized spacial score (nSPS) is 15.1. The molecule has 2 heterocycles. The molecule has 0 atom stereocenters. The minimum absolute atomic E-state index is 0.0234. The summed E-state index contributed by atoms with van der Waals surface area (Å²) >= 11 is 1.67. The minimum atomic E-state index is -0.0234. The van der Waals surface area contributed by atoms with Gasteiger partial charge >= 0.3 is 0 Å². The lowest BCUT2D eigenvalue weighted by Crippen LogP contribution is -2.13. The minimum Gasteiger partial charge on any atom is -0.382 e. The van der Waals surface area contributed by atoms with Gasteiger partial charge in [-0.1, -0.05) is 6.42 Å². The fourth-order valence-corrected chi connectivity index (χ4v) is 4.05. The number of fused-ring (bicyclic) bond motifs is 3. The van der Waals surface area contributed by atoms with E-state index in [1.165, 1.54) is 29.7 Å². The van der Waals surface area contributed by atoms with Crippen LogP contribution in [0, 0.1) is 0 Å². The molecule has 2 aromatic heterocycles. The molecule has 0 radical (unpaired) electrons. The second-order valence-electron chi connectivity index (χ2n) is 5.30. The molecule has 0 spiro atoms. The lowest BCUT2D eigenvalue weighted by molar-refractivity contribution is 0.0586. The first-order valence-corrected chi connectivity index (χ1v) is 8.21. The number of aromatic amines is 1. The molecule has 0 unspecified atom stereocenters. The molecule has 0 aromatic carbocycles. The van der Waals surface area contributed by atoms with Gasteiger partial charge in [-0.25, -0.2) is 4.98 Å². The summed E-state index contributed by atoms with van der Waals surface area (Å²) in [6.45, 7) is 1.36. The highest BCUT2D eigenvalue weighted by Gasteiger charge is 2.18. The van der Waals surface area contributed by atoms with Crippen molar-refractivity contribution in [1.82, 2.24) is 9.97 Å². The molecular weight excluding hydrogens is 288 g/mol. The van der Waals surface area contributed by atoms with Gasteiger partial charge in [0.1, 0.15) is 17.3 Å². The predicted molar refractivity (Wildman–Crippen MR) is 83.0 cm³/mol. The van der Waals surface area contributed by atoms with Gasteiger partial charge in [-0.3, -0.25) is 4.79 Å². The van der Waals surface area contributed by atoms with Crippen LogP contribution in [0.15, 0.2) is 4.79 Å². The molecular formula is C15H20N2O3S. The lowest BCUT2D eigenvalue weighted by atomic mass is 10.1. The number of rotatable bonds is 5. The topological polar surface area (TPSA) is 64.2 Å². The number of ether oxygens (including phenoxy) is 2. The Bertz CT molecular complexity index is 677. The molecule has 0 saturated heterocycles. The first-order valence-electron chi connectivity index (χ1n) is 7.39. The first-order chi connectivity index (χ1) is 10.3. The Morgan fingerprint density at radius 2 is 2.10 bits per heavy atom. The van der Waals surface area contributed by atoms with Crippen LogP contribution in [0.5, 0.6) is 0 Å². The zero-order valence-corrected chi connectivity index (χ0v) is 13.1. The lowest BCUT2D eigenvalue weighted by Gasteiger charge is -2.03. The zero-order valence-electron chi connectivity index (χ0n) is 12.2. The van der Waals surface area contributed by atoms with Crippen LogP contribution in [-0.2, 0) is 28.9 Å². The Hall–Kier alpha value is -1.24. The molecule has 5 nitrogen and oxygen atoms in total. The number of aryl methyl sites for hydroxylation is 2. The van der Waals surface area contributed by atoms with E-state index < -0.39 is 0 Å². The third-order valence-electron chi connectivity index (χ3n) is 3.79. The molecule has 2 aromatic rings. The standard InChI is InChI=1S/C15H20N2O3S/c1-19-7-8-20-9-12-16-14(18)13-10-5-3-2-4-6-11(10)21-15(13)17-12/h2-9H2,1H3,(H,16,17,18). The highest BCUT2D eigenvalue weighted by atomic mass is 32.1. The van der Waals surface area contributed by atoms with Crippen molar-refractivity contribution in [2.45, 2.75) is 38.7 Å². The number of aromatic nitrogens is 2. The summed E-state index contributed by atoms with van der Waals surface area (Å²) in [5.41, 5.74) is 1.21. The van der Waals surface area contributed by atoms with Crippen molar-refractivity contribution in [3.05, 3.63) is 26.6 Å². The number of hydrogen-bond donors (Lipinski definition) is 1. The van der Waals surface area contributed by atoms with Crippen molar-refractivity contribution in [3.8, 4) is 0 Å². The van der Waals surface area contributed by atoms with E-state index in [0.29, 0.717) is 25.6 Å². The van der Waals surface area contributed by atoms with Crippen molar-refractivity contribution in [2.24, 2.45) is 0 Å². The molecule has 21 heavy (non-hydrogen) atoms. The van der Waals surface area contributed by atoms with Gasteiger partial charge in [0.05, 0.1) is 18.6 Å². The molecule has 3 rings (SSSR count). The van der Waals surface area contributed by atoms with Gasteiger partial charge in [0, 0.05) is 12.0 Å². The summed E-state index contributed by atoms with van der Waals surface area (Å²) in [6.07, 6.45) is 5.71. The summed E-state index contributed by atoms with van der Waals surface area (Å²) in [5, 5.41) is 0.803. The maximum absolute atomic E-state index is 12.4. The molecule has 6 heteroatoms. The average Bonchev–Trinajstić information content (AvgIpc) is 2.66. The molecule has 0 amide bonds. The van der Waals surface area contributed by atoms with Crippen molar-refractivity contribution in [2.75, 3.05) is 20.3 Å². The van der Waals surface area contributed by atoms with E-state index in [2.05, 4.69) is 9.97 Å². The highest BCUT2D eigenvalue weighted by molar-refractivity contribution is 7.18. The molecule has 0 fully saturated rings. The number of H-pyrrole nitrogens is 1. The van der Waals surface area contributed by atoms with E-state index >= 15 is 0 Å². The van der Waals surface area contributed by atoms with Crippen LogP contribution in [-0.4, -0.2) is 30.3 Å². The van der Waals surface area contributed by atoms with Crippen molar-refractivity contribution in [3.63, 3.8) is 0 Å². The SMILES string of the molecule is COCCOCc1nc2sc3c(c2c(=O)[nH]1)CCCCC3. The van der Waals surface area contributed by atoms with Gasteiger partial charge in [-0.2, -0.15) is 0 Å². The van der Waals surface area contributed by atoms with Crippen molar-refractivity contribution in [1.29, 1.82) is 0 Å². The van der Waals surface area contributed by atoms with Crippen LogP contribution in [0.2, 0.25) is 0 Å². The fourth-order valence-electron chi connectivity index (χ4n) is 2.76. The number of thiophene rings is 1. The Balaban J connectivity index is 1.88. The summed E-state index contributed by atoms with van der Waals surface area (Å²) < 4.78 is 10.4. The average molecular weight is 308 g/mol. The van der Waals surface area contributed by atoms with Crippen LogP contribution in [0.3, 0.4) is 0 Å². The number of hydrogen-bond acceptors (Lipinski definition) is 5. The van der Waals surface area contributed by atoms with E-state index in [1.807, 2.05) is 0 Å². The molecule has 114 valence electrons. The van der Waals surface area contributed by atoms with Gasteiger partial charge in [-0.15, -0.1) is 11.3 Å². The van der Waals surface area contributed by atoms with Gasteiger partial charge in [0.25, 0.3) is 5.56 Å². The first kappa shape index (κ1) is 14.7. The number of nitrogens with one attached hydrogen (secondary N) is 1. The van der Waals surface area contributed by atoms with Crippen LogP contribution in [0.4, 0.5) is 0 Å². The van der Waals surface area contributed by atoms with E-state index in [0.717, 1.165) is 23.1 Å². The largest absolute Gasteiger partial charge is 0.382 e. The Morgan fingerprint density at radius 1 is 1.24 bits per heavy atom. The van der Waals surface area contributed by atoms with E-state index in [1.54, 1.807) is 18.4 Å². The number of methoxy groups -OCH3 is 1. The quantitative estimate of drug-likeness (QED) is 0.680. The van der Waals surface area contributed by atoms with Crippen LogP contribution < -0.4 is 5.56 Å². The van der Waals surface area contributed by atoms with Crippen LogP contribution in [0.1, 0.15) is 35.5 Å². The Morgan fingerprint density at radius 3 is 2.95 bits per heavy atom. The highest BCUT2D eigenvalue weighted by Crippen LogP contribution is 2.32. The monoisotopic (exact) mass is 308 g/mol. The molecule has 0 saturated carbocycles. The second-order valence-corrected chi connectivity index (χ2v) is 6.39. The smallest absolute Gasteiger partial charge is 0.260 e. The van der Waals surface area contributed by atoms with Gasteiger partial charge in [-0.05, 0) is 31.2 Å². The maximum atomic E-state index is 12.4. The van der Waals surface area contributed by atoms with Crippen molar-refractivity contribution >= 4 is 21.6 Å². The zero-order chi connectivity index (χ0) is 14.7. The fraction of sp³-hybridized carbons (Fsp3) is 0.600. The summed E-state index contributed by atoms with van der Waals surface area (Å²) in [4.78, 5) is 22.0. The summed E-state index contributed by atoms with van der Waals surface area (Å²) in [5.74, 6) is 0.597. The molecule has 1 N–H and O–H groups in total. The Labute approximate surface area is 127 Å². The van der Waals surface area contributed by atoms with Gasteiger partial charge < -0.3 is 14.5 Å². The van der Waals surface area contributed by atoms with E-state index in [-0.39, 0.29) is 5.56 Å². The third kappa shape index (κ3) is 3.17. The summed E-state index contributed by atoms with van der Waals surface area (Å²) in [6, 6.07) is 0. The third-order valence-corrected chi connectivity index (χ3v) is 4.98. The van der Waals surface area contributed by atoms with Gasteiger partial charge in [0.15, 0.2) is 0 Å². The maximum Gasteiger partial charge on any atom is 0.260 e. The Kier molecular flexibility index (Phi) is 4.67. The molecule has 0 aliphatic heterocycles. The number of nitrogens with zero attached hydrogens (tertiary/aromatic N) is 1. The van der Waals surface area contributed by atoms with Crippen LogP contribution in [0.25, 0.3) is 10.2 Å². The molecule has 0 bridgehead atoms. The van der Waals surface area contributed by atoms with E-state index in [4.69, 9.17) is 9.47 Å². The van der Waals surface area contributed by atoms with Gasteiger partial charge in [0.2, 0.25) is 0 Å². The second kappa shape index (κ2) is 6.68. The van der Waals surface area contributed by atoms with Crippen LogP contribution >= 0.6 is 11.3 Å². The summed E-state index contributed by atoms with van der Waals surface area (Å²) in [7, 11) is 1.63. The molecule has 1 aliphatic rings. The van der Waals surface area contributed by atoms with E-state index in [9.17, 15) is 4.79 Å². The van der Waals surface area contributed by atoms with Crippen molar-refractivity contribution < 1.29 is 9.47 Å². The predicted octanol–water partition coefficient (Wildman–Crippen LogP) is 2.42. The molecule has 1 aliphatic carbocycles.